The average molecular weight is 272 g/mol. The minimum absolute atomic E-state index is 0.351. The molecule has 0 aliphatic rings. The van der Waals surface area contributed by atoms with Gasteiger partial charge in [0.05, 0.1) is 6.21 Å². The van der Waals surface area contributed by atoms with Crippen LogP contribution in [0.25, 0.3) is 11.1 Å². The molecule has 0 fully saturated rings. The fraction of sp³-hybridized carbons (Fsp3) is 0. The number of hydrogen-bond acceptors (Lipinski definition) is 4. The maximum Gasteiger partial charge on any atom is 0.316 e. The van der Waals surface area contributed by atoms with Crippen molar-refractivity contribution in [3.63, 3.8) is 0 Å². The summed E-state index contributed by atoms with van der Waals surface area (Å²) in [7, 11) is 0. The molecule has 0 aliphatic carbocycles. The van der Waals surface area contributed by atoms with Crippen molar-refractivity contribution >= 4 is 34.9 Å². The summed E-state index contributed by atoms with van der Waals surface area (Å²) in [4.78, 5) is 4.24. The first kappa shape index (κ1) is 11.7. The van der Waals surface area contributed by atoms with Gasteiger partial charge in [-0.15, -0.1) is 0 Å². The zero-order valence-electron chi connectivity index (χ0n) is 9.88. The number of benzene rings is 2. The molecule has 0 atom stereocenters. The van der Waals surface area contributed by atoms with E-state index in [0.29, 0.717) is 11.0 Å². The van der Waals surface area contributed by atoms with E-state index >= 15 is 0 Å². The Morgan fingerprint density at radius 3 is 2.74 bits per heavy atom. The van der Waals surface area contributed by atoms with Crippen LogP contribution in [-0.2, 0) is 0 Å². The summed E-state index contributed by atoms with van der Waals surface area (Å²) < 4.78 is 5.47. The smallest absolute Gasteiger partial charge is 0.316 e. The molecule has 0 bridgehead atoms. The van der Waals surface area contributed by atoms with Gasteiger partial charge in [0.2, 0.25) is 0 Å². The molecular formula is C14H10ClN3O. The zero-order valence-corrected chi connectivity index (χ0v) is 10.6. The van der Waals surface area contributed by atoms with E-state index in [4.69, 9.17) is 16.0 Å². The quantitative estimate of drug-likeness (QED) is 0.580. The second-order valence-electron chi connectivity index (χ2n) is 3.88. The van der Waals surface area contributed by atoms with Gasteiger partial charge in [-0.1, -0.05) is 41.9 Å². The van der Waals surface area contributed by atoms with Crippen LogP contribution >= 0.6 is 11.6 Å². The fourth-order valence-corrected chi connectivity index (χ4v) is 1.84. The van der Waals surface area contributed by atoms with Crippen LogP contribution in [0.4, 0.5) is 6.01 Å². The molecule has 19 heavy (non-hydrogen) atoms. The lowest BCUT2D eigenvalue weighted by Crippen LogP contribution is -1.90. The lowest BCUT2D eigenvalue weighted by Gasteiger charge is -1.95. The molecule has 1 heterocycles. The number of aromatic nitrogens is 1. The van der Waals surface area contributed by atoms with Gasteiger partial charge in [0.15, 0.2) is 5.58 Å². The van der Waals surface area contributed by atoms with E-state index in [-0.39, 0.29) is 0 Å². The molecule has 5 heteroatoms. The van der Waals surface area contributed by atoms with E-state index in [1.54, 1.807) is 6.21 Å². The van der Waals surface area contributed by atoms with Crippen molar-refractivity contribution in [2.24, 2.45) is 5.10 Å². The summed E-state index contributed by atoms with van der Waals surface area (Å²) in [6, 6.07) is 15.3. The number of para-hydroxylation sites is 2. The van der Waals surface area contributed by atoms with Crippen molar-refractivity contribution in [3.05, 3.63) is 59.1 Å². The van der Waals surface area contributed by atoms with E-state index in [9.17, 15) is 0 Å². The molecule has 1 aromatic heterocycles. The molecule has 0 saturated heterocycles. The molecule has 94 valence electrons. The largest absolute Gasteiger partial charge is 0.422 e. The third-order valence-electron chi connectivity index (χ3n) is 2.56. The summed E-state index contributed by atoms with van der Waals surface area (Å²) in [5.74, 6) is 0. The predicted molar refractivity (Wildman–Crippen MR) is 76.7 cm³/mol. The molecule has 0 spiro atoms. The molecule has 0 aliphatic heterocycles. The van der Waals surface area contributed by atoms with Crippen LogP contribution in [0.5, 0.6) is 0 Å². The lowest BCUT2D eigenvalue weighted by atomic mass is 10.2. The van der Waals surface area contributed by atoms with Crippen LogP contribution in [0.2, 0.25) is 5.02 Å². The first-order chi connectivity index (χ1) is 9.33. The topological polar surface area (TPSA) is 50.4 Å². The number of oxazole rings is 1. The van der Waals surface area contributed by atoms with Crippen molar-refractivity contribution in [1.82, 2.24) is 4.98 Å². The molecule has 4 nitrogen and oxygen atoms in total. The van der Waals surface area contributed by atoms with Gasteiger partial charge in [-0.3, -0.25) is 0 Å². The third kappa shape index (κ3) is 2.58. The standard InChI is InChI=1S/C14H10ClN3O/c15-11-6-2-1-5-10(11)9-16-18-14-17-12-7-3-4-8-13(12)19-14/h1-9H,(H,17,18)/b16-9+. The van der Waals surface area contributed by atoms with Gasteiger partial charge in [0.25, 0.3) is 0 Å². The van der Waals surface area contributed by atoms with Crippen molar-refractivity contribution in [2.45, 2.75) is 0 Å². The Bertz CT molecular complexity index is 703. The Morgan fingerprint density at radius 2 is 1.89 bits per heavy atom. The van der Waals surface area contributed by atoms with Gasteiger partial charge < -0.3 is 4.42 Å². The molecule has 2 aromatic carbocycles. The Kier molecular flexibility index (Phi) is 3.16. The van der Waals surface area contributed by atoms with E-state index in [2.05, 4.69) is 15.5 Å². The number of rotatable bonds is 3. The molecule has 0 saturated carbocycles. The maximum absolute atomic E-state index is 6.01. The van der Waals surface area contributed by atoms with Crippen LogP contribution in [0.3, 0.4) is 0 Å². The minimum atomic E-state index is 0.351. The number of nitrogens with zero attached hydrogens (tertiary/aromatic N) is 2. The van der Waals surface area contributed by atoms with Crippen molar-refractivity contribution in [2.75, 3.05) is 5.43 Å². The molecular weight excluding hydrogens is 262 g/mol. The molecule has 3 aromatic rings. The lowest BCUT2D eigenvalue weighted by molar-refractivity contribution is 0.617. The number of halogens is 1. The monoisotopic (exact) mass is 271 g/mol. The summed E-state index contributed by atoms with van der Waals surface area (Å²) in [6.45, 7) is 0. The minimum Gasteiger partial charge on any atom is -0.422 e. The number of hydrogen-bond donors (Lipinski definition) is 1. The van der Waals surface area contributed by atoms with Crippen LogP contribution in [0, 0.1) is 0 Å². The second kappa shape index (κ2) is 5.12. The van der Waals surface area contributed by atoms with E-state index < -0.39 is 0 Å². The molecule has 3 rings (SSSR count). The third-order valence-corrected chi connectivity index (χ3v) is 2.91. The Hall–Kier alpha value is -2.33. The zero-order chi connectivity index (χ0) is 13.1. The highest BCUT2D eigenvalue weighted by molar-refractivity contribution is 6.33. The van der Waals surface area contributed by atoms with E-state index in [1.807, 2.05) is 48.5 Å². The number of anilines is 1. The van der Waals surface area contributed by atoms with Crippen molar-refractivity contribution < 1.29 is 4.42 Å². The van der Waals surface area contributed by atoms with Gasteiger partial charge in [0.1, 0.15) is 5.52 Å². The number of hydrazone groups is 1. The number of fused-ring (bicyclic) bond motifs is 1. The summed E-state index contributed by atoms with van der Waals surface area (Å²) in [5.41, 5.74) is 5.08. The number of nitrogens with one attached hydrogen (secondary N) is 1. The normalized spacial score (nSPS) is 11.2. The molecule has 0 radical (unpaired) electrons. The predicted octanol–water partition coefficient (Wildman–Crippen LogP) is 3.93. The molecule has 1 N–H and O–H groups in total. The van der Waals surface area contributed by atoms with Gasteiger partial charge >= 0.3 is 6.01 Å². The van der Waals surface area contributed by atoms with E-state index in [1.165, 1.54) is 0 Å². The van der Waals surface area contributed by atoms with Gasteiger partial charge in [0, 0.05) is 10.6 Å². The van der Waals surface area contributed by atoms with Crippen molar-refractivity contribution in [1.29, 1.82) is 0 Å². The first-order valence-corrected chi connectivity index (χ1v) is 6.10. The van der Waals surface area contributed by atoms with Crippen molar-refractivity contribution in [3.8, 4) is 0 Å². The molecule has 0 unspecified atom stereocenters. The highest BCUT2D eigenvalue weighted by atomic mass is 35.5. The maximum atomic E-state index is 6.01. The highest BCUT2D eigenvalue weighted by Gasteiger charge is 2.02. The Morgan fingerprint density at radius 1 is 1.11 bits per heavy atom. The first-order valence-electron chi connectivity index (χ1n) is 5.72. The average Bonchev–Trinajstić information content (AvgIpc) is 2.83. The fourth-order valence-electron chi connectivity index (χ4n) is 1.66. The van der Waals surface area contributed by atoms with Crippen LogP contribution < -0.4 is 5.43 Å². The molecule has 0 amide bonds. The highest BCUT2D eigenvalue weighted by Crippen LogP contribution is 2.18. The second-order valence-corrected chi connectivity index (χ2v) is 4.29. The van der Waals surface area contributed by atoms with Gasteiger partial charge in [-0.25, -0.2) is 5.43 Å². The Balaban J connectivity index is 1.77. The summed E-state index contributed by atoms with van der Waals surface area (Å²) >= 11 is 6.01. The SMILES string of the molecule is Clc1ccccc1/C=N/Nc1nc2ccccc2o1. The van der Waals surface area contributed by atoms with E-state index in [0.717, 1.165) is 16.7 Å². The van der Waals surface area contributed by atoms with Crippen LogP contribution in [0.1, 0.15) is 5.56 Å². The van der Waals surface area contributed by atoms with Gasteiger partial charge in [-0.05, 0) is 18.2 Å². The Labute approximate surface area is 114 Å². The van der Waals surface area contributed by atoms with Gasteiger partial charge in [-0.2, -0.15) is 10.1 Å². The van der Waals surface area contributed by atoms with Crippen LogP contribution in [0.15, 0.2) is 58.0 Å². The van der Waals surface area contributed by atoms with Crippen LogP contribution in [-0.4, -0.2) is 11.2 Å². The summed E-state index contributed by atoms with van der Waals surface area (Å²) in [6.07, 6.45) is 1.62. The summed E-state index contributed by atoms with van der Waals surface area (Å²) in [5, 5.41) is 4.70.